The molecule has 2 aliphatic rings. The van der Waals surface area contributed by atoms with Gasteiger partial charge in [0.25, 0.3) is 0 Å². The van der Waals surface area contributed by atoms with E-state index in [1.165, 1.54) is 82.5 Å². The summed E-state index contributed by atoms with van der Waals surface area (Å²) < 4.78 is 0. The second-order valence-electron chi connectivity index (χ2n) is 7.72. The van der Waals surface area contributed by atoms with Crippen LogP contribution < -0.4 is 4.90 Å². The third kappa shape index (κ3) is 4.26. The van der Waals surface area contributed by atoms with Gasteiger partial charge >= 0.3 is 0 Å². The Kier molecular flexibility index (Phi) is 5.93. The Balaban J connectivity index is 1.85. The summed E-state index contributed by atoms with van der Waals surface area (Å²) in [7, 11) is 0. The SMILES string of the molecule is CC(C)CN1CCCC[C@@H]1c1cccnc1N1CCCCCC1. The molecule has 0 spiro atoms. The lowest BCUT2D eigenvalue weighted by Crippen LogP contribution is -2.37. The standard InChI is InChI=1S/C20H33N3/c1-17(2)16-23-15-8-5-11-19(23)18-10-9-12-21-20(18)22-13-6-3-4-7-14-22/h9-10,12,17,19H,3-8,11,13-16H2,1-2H3/t19-/m1/s1. The van der Waals surface area contributed by atoms with Crippen LogP contribution in [0.3, 0.4) is 0 Å². The molecular formula is C20H33N3. The maximum atomic E-state index is 4.83. The van der Waals surface area contributed by atoms with E-state index in [9.17, 15) is 0 Å². The fourth-order valence-electron chi connectivity index (χ4n) is 4.25. The topological polar surface area (TPSA) is 19.4 Å². The molecule has 3 nitrogen and oxygen atoms in total. The van der Waals surface area contributed by atoms with Crippen LogP contribution in [0.15, 0.2) is 18.3 Å². The summed E-state index contributed by atoms with van der Waals surface area (Å²) in [5.41, 5.74) is 1.48. The average molecular weight is 316 g/mol. The van der Waals surface area contributed by atoms with Crippen molar-refractivity contribution in [1.29, 1.82) is 0 Å². The average Bonchev–Trinajstić information content (AvgIpc) is 2.84. The monoisotopic (exact) mass is 315 g/mol. The minimum atomic E-state index is 0.568. The number of pyridine rings is 1. The lowest BCUT2D eigenvalue weighted by molar-refractivity contribution is 0.132. The molecule has 1 aromatic rings. The molecular weight excluding hydrogens is 282 g/mol. The molecule has 2 saturated heterocycles. The number of nitrogens with zero attached hydrogens (tertiary/aromatic N) is 3. The molecule has 0 amide bonds. The van der Waals surface area contributed by atoms with E-state index in [0.717, 1.165) is 5.92 Å². The van der Waals surface area contributed by atoms with Crippen molar-refractivity contribution in [3.05, 3.63) is 23.9 Å². The summed E-state index contributed by atoms with van der Waals surface area (Å²) in [4.78, 5) is 10.1. The van der Waals surface area contributed by atoms with Crippen LogP contribution in [0.1, 0.15) is 70.4 Å². The highest BCUT2D eigenvalue weighted by Crippen LogP contribution is 2.36. The maximum Gasteiger partial charge on any atom is 0.133 e. The molecule has 3 heterocycles. The summed E-state index contributed by atoms with van der Waals surface area (Å²) in [6, 6.07) is 5.05. The van der Waals surface area contributed by atoms with Crippen LogP contribution in [0.5, 0.6) is 0 Å². The zero-order valence-electron chi connectivity index (χ0n) is 15.0. The molecule has 23 heavy (non-hydrogen) atoms. The van der Waals surface area contributed by atoms with Crippen molar-refractivity contribution in [1.82, 2.24) is 9.88 Å². The zero-order chi connectivity index (χ0) is 16.1. The molecule has 2 fully saturated rings. The van der Waals surface area contributed by atoms with Crippen molar-refractivity contribution in [2.24, 2.45) is 5.92 Å². The van der Waals surface area contributed by atoms with Crippen LogP contribution >= 0.6 is 0 Å². The van der Waals surface area contributed by atoms with E-state index in [2.05, 4.69) is 35.8 Å². The van der Waals surface area contributed by atoms with Gasteiger partial charge in [-0.25, -0.2) is 4.98 Å². The van der Waals surface area contributed by atoms with Crippen molar-refractivity contribution in [3.63, 3.8) is 0 Å². The first-order chi connectivity index (χ1) is 11.3. The lowest BCUT2D eigenvalue weighted by Gasteiger charge is -2.38. The normalized spacial score (nSPS) is 24.0. The highest BCUT2D eigenvalue weighted by Gasteiger charge is 2.28. The Hall–Kier alpha value is -1.09. The summed E-state index contributed by atoms with van der Waals surface area (Å²) in [5.74, 6) is 2.00. The second-order valence-corrected chi connectivity index (χ2v) is 7.72. The van der Waals surface area contributed by atoms with E-state index >= 15 is 0 Å². The minimum absolute atomic E-state index is 0.568. The maximum absolute atomic E-state index is 4.83. The number of likely N-dealkylation sites (tertiary alicyclic amines) is 1. The van der Waals surface area contributed by atoms with Gasteiger partial charge < -0.3 is 4.90 Å². The third-order valence-corrected chi connectivity index (χ3v) is 5.29. The summed E-state index contributed by atoms with van der Waals surface area (Å²) in [6.45, 7) is 9.49. The Bertz CT molecular complexity index is 478. The second kappa shape index (κ2) is 8.14. The highest BCUT2D eigenvalue weighted by molar-refractivity contribution is 5.48. The van der Waals surface area contributed by atoms with Crippen LogP contribution in [0.4, 0.5) is 5.82 Å². The number of hydrogen-bond acceptors (Lipinski definition) is 3. The summed E-state index contributed by atoms with van der Waals surface area (Å²) in [6.07, 6.45) is 11.4. The molecule has 0 radical (unpaired) electrons. The Morgan fingerprint density at radius 3 is 2.52 bits per heavy atom. The van der Waals surface area contributed by atoms with Gasteiger partial charge in [-0.05, 0) is 44.2 Å². The minimum Gasteiger partial charge on any atom is -0.356 e. The molecule has 1 aromatic heterocycles. The quantitative estimate of drug-likeness (QED) is 0.806. The van der Waals surface area contributed by atoms with Crippen LogP contribution in [0, 0.1) is 5.92 Å². The van der Waals surface area contributed by atoms with Gasteiger partial charge in [0, 0.05) is 37.4 Å². The molecule has 0 N–H and O–H groups in total. The Morgan fingerprint density at radius 2 is 1.78 bits per heavy atom. The van der Waals surface area contributed by atoms with Crippen LogP contribution in [-0.4, -0.2) is 36.1 Å². The fraction of sp³-hybridized carbons (Fsp3) is 0.750. The zero-order valence-corrected chi connectivity index (χ0v) is 15.0. The number of rotatable bonds is 4. The van der Waals surface area contributed by atoms with Gasteiger partial charge in [0.05, 0.1) is 0 Å². The van der Waals surface area contributed by atoms with Crippen molar-refractivity contribution in [2.45, 2.75) is 64.8 Å². The van der Waals surface area contributed by atoms with E-state index < -0.39 is 0 Å². The number of anilines is 1. The largest absolute Gasteiger partial charge is 0.356 e. The first-order valence-electron chi connectivity index (χ1n) is 9.69. The summed E-state index contributed by atoms with van der Waals surface area (Å²) in [5, 5.41) is 0. The van der Waals surface area contributed by atoms with E-state index in [1.54, 1.807) is 0 Å². The molecule has 0 aromatic carbocycles. The van der Waals surface area contributed by atoms with E-state index in [4.69, 9.17) is 4.98 Å². The molecule has 0 aliphatic carbocycles. The molecule has 0 bridgehead atoms. The van der Waals surface area contributed by atoms with Crippen molar-refractivity contribution in [2.75, 3.05) is 31.1 Å². The molecule has 3 heteroatoms. The van der Waals surface area contributed by atoms with E-state index in [0.29, 0.717) is 6.04 Å². The van der Waals surface area contributed by atoms with Gasteiger partial charge in [-0.15, -0.1) is 0 Å². The van der Waals surface area contributed by atoms with E-state index in [-0.39, 0.29) is 0 Å². The van der Waals surface area contributed by atoms with Gasteiger partial charge in [-0.2, -0.15) is 0 Å². The smallest absolute Gasteiger partial charge is 0.133 e. The summed E-state index contributed by atoms with van der Waals surface area (Å²) >= 11 is 0. The predicted octanol–water partition coefficient (Wildman–Crippen LogP) is 4.65. The molecule has 1 atom stereocenters. The number of hydrogen-bond donors (Lipinski definition) is 0. The van der Waals surface area contributed by atoms with Gasteiger partial charge in [-0.1, -0.05) is 39.2 Å². The van der Waals surface area contributed by atoms with Crippen molar-refractivity contribution < 1.29 is 0 Å². The molecule has 0 saturated carbocycles. The lowest BCUT2D eigenvalue weighted by atomic mass is 9.94. The Labute approximate surface area is 142 Å². The van der Waals surface area contributed by atoms with Gasteiger partial charge in [-0.3, -0.25) is 4.90 Å². The molecule has 128 valence electrons. The van der Waals surface area contributed by atoms with Crippen molar-refractivity contribution in [3.8, 4) is 0 Å². The van der Waals surface area contributed by atoms with Crippen LogP contribution in [-0.2, 0) is 0 Å². The predicted molar refractivity (Wildman–Crippen MR) is 97.9 cm³/mol. The molecule has 2 aliphatic heterocycles. The fourth-order valence-corrected chi connectivity index (χ4v) is 4.25. The van der Waals surface area contributed by atoms with E-state index in [1.807, 2.05) is 6.20 Å². The highest BCUT2D eigenvalue weighted by atomic mass is 15.2. The first-order valence-corrected chi connectivity index (χ1v) is 9.69. The van der Waals surface area contributed by atoms with Crippen molar-refractivity contribution >= 4 is 5.82 Å². The third-order valence-electron chi connectivity index (χ3n) is 5.29. The number of piperidine rings is 1. The van der Waals surface area contributed by atoms with Crippen LogP contribution in [0.2, 0.25) is 0 Å². The molecule has 0 unspecified atom stereocenters. The Morgan fingerprint density at radius 1 is 1.04 bits per heavy atom. The van der Waals surface area contributed by atoms with Gasteiger partial charge in [0.2, 0.25) is 0 Å². The first kappa shape index (κ1) is 16.8. The van der Waals surface area contributed by atoms with Gasteiger partial charge in [0.1, 0.15) is 5.82 Å². The number of aromatic nitrogens is 1. The van der Waals surface area contributed by atoms with Crippen LogP contribution in [0.25, 0.3) is 0 Å². The molecule has 3 rings (SSSR count). The van der Waals surface area contributed by atoms with Gasteiger partial charge in [0.15, 0.2) is 0 Å².